The van der Waals surface area contributed by atoms with E-state index in [1.807, 2.05) is 36.0 Å². The van der Waals surface area contributed by atoms with Crippen LogP contribution in [0.1, 0.15) is 5.56 Å². The molecule has 1 saturated heterocycles. The molecule has 2 aromatic rings. The van der Waals surface area contributed by atoms with Crippen molar-refractivity contribution >= 4 is 29.2 Å². The van der Waals surface area contributed by atoms with Gasteiger partial charge < -0.3 is 20.3 Å². The van der Waals surface area contributed by atoms with E-state index in [-0.39, 0.29) is 5.69 Å². The van der Waals surface area contributed by atoms with Gasteiger partial charge in [0.25, 0.3) is 0 Å². The van der Waals surface area contributed by atoms with Gasteiger partial charge in [-0.05, 0) is 17.7 Å². The van der Waals surface area contributed by atoms with Crippen molar-refractivity contribution in [2.24, 2.45) is 0 Å². The van der Waals surface area contributed by atoms with Crippen LogP contribution in [0.3, 0.4) is 0 Å². The molecule has 0 aliphatic carbocycles. The zero-order chi connectivity index (χ0) is 19.2. The Hall–Kier alpha value is -2.48. The molecule has 1 heterocycles. The van der Waals surface area contributed by atoms with E-state index in [2.05, 4.69) is 20.3 Å². The lowest BCUT2D eigenvalue weighted by atomic mass is 10.2. The molecule has 0 bridgehead atoms. The van der Waals surface area contributed by atoms with Crippen molar-refractivity contribution in [1.29, 1.82) is 0 Å². The molecule has 2 N–H and O–H groups in total. The van der Waals surface area contributed by atoms with Gasteiger partial charge in [-0.15, -0.1) is 0 Å². The number of hydrogen-bond acceptors (Lipinski definition) is 4. The number of thioether (sulfide) groups is 1. The smallest absolute Gasteiger partial charge is 0.319 e. The van der Waals surface area contributed by atoms with Crippen molar-refractivity contribution in [3.8, 4) is 5.75 Å². The number of amides is 2. The number of rotatable bonds is 5. The van der Waals surface area contributed by atoms with Gasteiger partial charge in [-0.3, -0.25) is 0 Å². The lowest BCUT2D eigenvalue weighted by molar-refractivity contribution is 0.251. The largest absolute Gasteiger partial charge is 0.491 e. The Labute approximate surface area is 161 Å². The maximum Gasteiger partial charge on any atom is 0.319 e. The van der Waals surface area contributed by atoms with E-state index in [1.165, 1.54) is 12.8 Å². The summed E-state index contributed by atoms with van der Waals surface area (Å²) < 4.78 is 31.9. The van der Waals surface area contributed by atoms with Crippen molar-refractivity contribution in [3.63, 3.8) is 0 Å². The molecule has 0 saturated carbocycles. The van der Waals surface area contributed by atoms with Gasteiger partial charge in [0.1, 0.15) is 0 Å². The fraction of sp³-hybridized carbons (Fsp3) is 0.316. The molecule has 2 amide bonds. The Balaban J connectivity index is 1.53. The number of carbonyl (C=O) groups excluding carboxylic acids is 1. The van der Waals surface area contributed by atoms with E-state index in [0.29, 0.717) is 6.54 Å². The van der Waals surface area contributed by atoms with Crippen molar-refractivity contribution in [2.75, 3.05) is 41.9 Å². The summed E-state index contributed by atoms with van der Waals surface area (Å²) in [5.41, 5.74) is 2.13. The van der Waals surface area contributed by atoms with Crippen LogP contribution in [0.25, 0.3) is 0 Å². The predicted octanol–water partition coefficient (Wildman–Crippen LogP) is 3.85. The summed E-state index contributed by atoms with van der Waals surface area (Å²) >= 11 is 1.96. The third-order valence-electron chi connectivity index (χ3n) is 4.23. The van der Waals surface area contributed by atoms with Crippen LogP contribution in [0.4, 0.5) is 25.0 Å². The second kappa shape index (κ2) is 8.94. The molecule has 2 aromatic carbocycles. The van der Waals surface area contributed by atoms with Crippen LogP contribution in [-0.2, 0) is 6.54 Å². The number of nitrogens with zero attached hydrogens (tertiary/aromatic N) is 1. The minimum Gasteiger partial charge on any atom is -0.491 e. The van der Waals surface area contributed by atoms with E-state index >= 15 is 0 Å². The fourth-order valence-electron chi connectivity index (χ4n) is 2.83. The highest BCUT2D eigenvalue weighted by Crippen LogP contribution is 2.25. The zero-order valence-electron chi connectivity index (χ0n) is 14.9. The summed E-state index contributed by atoms with van der Waals surface area (Å²) in [4.78, 5) is 14.3. The van der Waals surface area contributed by atoms with Crippen LogP contribution in [0.15, 0.2) is 36.4 Å². The maximum atomic E-state index is 13.7. The number of hydrogen-bond donors (Lipinski definition) is 2. The minimum absolute atomic E-state index is 0.0154. The molecule has 1 aliphatic heterocycles. The Kier molecular flexibility index (Phi) is 6.39. The average molecular weight is 393 g/mol. The zero-order valence-corrected chi connectivity index (χ0v) is 15.7. The first-order valence-electron chi connectivity index (χ1n) is 8.56. The molecule has 144 valence electrons. The molecule has 1 aliphatic rings. The number of anilines is 2. The molecule has 0 spiro atoms. The molecule has 0 aromatic heterocycles. The van der Waals surface area contributed by atoms with Gasteiger partial charge >= 0.3 is 6.03 Å². The predicted molar refractivity (Wildman–Crippen MR) is 105 cm³/mol. The van der Waals surface area contributed by atoms with Crippen molar-refractivity contribution in [3.05, 3.63) is 53.6 Å². The van der Waals surface area contributed by atoms with Crippen molar-refractivity contribution < 1.29 is 18.3 Å². The van der Waals surface area contributed by atoms with Gasteiger partial charge in [0.05, 0.1) is 7.11 Å². The number of methoxy groups -OCH3 is 1. The summed E-state index contributed by atoms with van der Waals surface area (Å²) in [6.45, 7) is 2.39. The third-order valence-corrected chi connectivity index (χ3v) is 5.17. The average Bonchev–Trinajstić information content (AvgIpc) is 2.67. The van der Waals surface area contributed by atoms with Crippen LogP contribution in [-0.4, -0.2) is 37.7 Å². The van der Waals surface area contributed by atoms with Crippen molar-refractivity contribution in [1.82, 2.24) is 5.32 Å². The van der Waals surface area contributed by atoms with Crippen LogP contribution in [0.2, 0.25) is 0 Å². The standard InChI is InChI=1S/C19H21F2N3O2S/c1-26-18-16(20)10-14(11-17(18)21)23-19(25)22-12-13-2-4-15(5-3-13)24-6-8-27-9-7-24/h2-5,10-11H,6-9,12H2,1H3,(H2,22,23,25). The van der Waals surface area contributed by atoms with E-state index in [4.69, 9.17) is 0 Å². The molecule has 1 fully saturated rings. The van der Waals surface area contributed by atoms with Crippen LogP contribution < -0.4 is 20.3 Å². The molecule has 0 unspecified atom stereocenters. The van der Waals surface area contributed by atoms with Gasteiger partial charge in [-0.2, -0.15) is 11.8 Å². The Bertz CT molecular complexity index is 773. The van der Waals surface area contributed by atoms with Crippen LogP contribution in [0, 0.1) is 11.6 Å². The normalized spacial score (nSPS) is 14.0. The first-order valence-corrected chi connectivity index (χ1v) is 9.72. The highest BCUT2D eigenvalue weighted by Gasteiger charge is 2.13. The number of benzene rings is 2. The summed E-state index contributed by atoms with van der Waals surface area (Å²) in [7, 11) is 1.18. The first-order chi connectivity index (χ1) is 13.1. The minimum atomic E-state index is -0.875. The van der Waals surface area contributed by atoms with E-state index in [0.717, 1.165) is 42.3 Å². The molecule has 27 heavy (non-hydrogen) atoms. The number of nitrogens with one attached hydrogen (secondary N) is 2. The van der Waals surface area contributed by atoms with Gasteiger partial charge in [0.15, 0.2) is 17.4 Å². The first kappa shape index (κ1) is 19.3. The lowest BCUT2D eigenvalue weighted by Crippen LogP contribution is -2.32. The van der Waals surface area contributed by atoms with E-state index in [9.17, 15) is 13.6 Å². The molecule has 5 nitrogen and oxygen atoms in total. The van der Waals surface area contributed by atoms with Gasteiger partial charge in [-0.1, -0.05) is 12.1 Å². The quantitative estimate of drug-likeness (QED) is 0.810. The topological polar surface area (TPSA) is 53.6 Å². The van der Waals surface area contributed by atoms with Crippen molar-refractivity contribution in [2.45, 2.75) is 6.54 Å². The third kappa shape index (κ3) is 5.03. The monoisotopic (exact) mass is 393 g/mol. The molecule has 3 rings (SSSR count). The summed E-state index contributed by atoms with van der Waals surface area (Å²) in [6, 6.07) is 9.48. The molecule has 0 radical (unpaired) electrons. The van der Waals surface area contributed by atoms with Crippen LogP contribution >= 0.6 is 11.8 Å². The molecular weight excluding hydrogens is 372 g/mol. The Morgan fingerprint density at radius 1 is 1.15 bits per heavy atom. The number of urea groups is 1. The Morgan fingerprint density at radius 3 is 2.37 bits per heavy atom. The number of ether oxygens (including phenoxy) is 1. The Morgan fingerprint density at radius 2 is 1.78 bits per heavy atom. The highest BCUT2D eigenvalue weighted by molar-refractivity contribution is 7.99. The maximum absolute atomic E-state index is 13.7. The molecule has 0 atom stereocenters. The van der Waals surface area contributed by atoms with Gasteiger partial charge in [-0.25, -0.2) is 13.6 Å². The number of carbonyl (C=O) groups is 1. The van der Waals surface area contributed by atoms with E-state index in [1.54, 1.807) is 0 Å². The van der Waals surface area contributed by atoms with E-state index < -0.39 is 23.4 Å². The fourth-order valence-corrected chi connectivity index (χ4v) is 3.73. The number of halogens is 2. The molecule has 8 heteroatoms. The lowest BCUT2D eigenvalue weighted by Gasteiger charge is -2.28. The van der Waals surface area contributed by atoms with Gasteiger partial charge in [0.2, 0.25) is 0 Å². The van der Waals surface area contributed by atoms with Crippen LogP contribution in [0.5, 0.6) is 5.75 Å². The summed E-state index contributed by atoms with van der Waals surface area (Å²) in [5.74, 6) is 0.0406. The summed E-state index contributed by atoms with van der Waals surface area (Å²) in [5, 5.41) is 5.08. The second-order valence-corrected chi connectivity index (χ2v) is 7.27. The second-order valence-electron chi connectivity index (χ2n) is 6.05. The molecular formula is C19H21F2N3O2S. The highest BCUT2D eigenvalue weighted by atomic mass is 32.2. The summed E-state index contributed by atoms with van der Waals surface area (Å²) in [6.07, 6.45) is 0. The SMILES string of the molecule is COc1c(F)cc(NC(=O)NCc2ccc(N3CCSCC3)cc2)cc1F. The van der Waals surface area contributed by atoms with Gasteiger partial charge in [0, 0.05) is 54.6 Å².